The second-order valence-electron chi connectivity index (χ2n) is 6.53. The highest BCUT2D eigenvalue weighted by Gasteiger charge is 2.40. The Morgan fingerprint density at radius 3 is 2.54 bits per heavy atom. The number of ether oxygens (including phenoxy) is 1. The van der Waals surface area contributed by atoms with Gasteiger partial charge in [0.25, 0.3) is 5.91 Å². The second-order valence-corrected chi connectivity index (χ2v) is 7.86. The molecular weight excluding hydrogens is 372 g/mol. The van der Waals surface area contributed by atoms with E-state index in [1.54, 1.807) is 6.07 Å². The smallest absolute Gasteiger partial charge is 0.410 e. The molecule has 1 aromatic heterocycles. The molecule has 0 bridgehead atoms. The Hall–Kier alpha value is -2.05. The third-order valence-corrected chi connectivity index (χ3v) is 6.38. The number of rotatable bonds is 3. The van der Waals surface area contributed by atoms with Crippen LogP contribution in [0.5, 0.6) is 0 Å². The van der Waals surface area contributed by atoms with Crippen LogP contribution >= 0.6 is 22.9 Å². The fourth-order valence-corrected chi connectivity index (χ4v) is 4.81. The van der Waals surface area contributed by atoms with Gasteiger partial charge in [0.2, 0.25) is 0 Å². The van der Waals surface area contributed by atoms with E-state index >= 15 is 0 Å². The van der Waals surface area contributed by atoms with Gasteiger partial charge in [0.1, 0.15) is 11.5 Å². The second kappa shape index (κ2) is 7.29. The average molecular weight is 391 g/mol. The predicted molar refractivity (Wildman–Crippen MR) is 101 cm³/mol. The molecule has 0 spiro atoms. The number of carbonyl (C=O) groups excluding carboxylic acids is 2. The molecular formula is C19H19ClN2O3S. The maximum absolute atomic E-state index is 12.6. The Kier molecular flexibility index (Phi) is 4.87. The van der Waals surface area contributed by atoms with Crippen LogP contribution < -0.4 is 0 Å². The van der Waals surface area contributed by atoms with Gasteiger partial charge in [-0.2, -0.15) is 0 Å². The van der Waals surface area contributed by atoms with Crippen LogP contribution in [0.4, 0.5) is 4.79 Å². The number of amides is 2. The Balaban J connectivity index is 1.44. The molecule has 2 aliphatic rings. The molecule has 2 aliphatic heterocycles. The molecule has 1 aromatic carbocycles. The lowest BCUT2D eigenvalue weighted by Crippen LogP contribution is -2.47. The van der Waals surface area contributed by atoms with Crippen LogP contribution in [-0.2, 0) is 4.74 Å². The quantitative estimate of drug-likeness (QED) is 0.789. The van der Waals surface area contributed by atoms with E-state index in [4.69, 9.17) is 16.3 Å². The first kappa shape index (κ1) is 17.4. The van der Waals surface area contributed by atoms with E-state index in [0.717, 1.165) is 18.4 Å². The topological polar surface area (TPSA) is 49.9 Å². The van der Waals surface area contributed by atoms with Crippen molar-refractivity contribution in [3.05, 3.63) is 57.2 Å². The molecule has 2 saturated heterocycles. The van der Waals surface area contributed by atoms with Crippen molar-refractivity contribution in [1.82, 2.24) is 9.80 Å². The van der Waals surface area contributed by atoms with E-state index in [1.807, 2.05) is 45.5 Å². The molecule has 2 amide bonds. The summed E-state index contributed by atoms with van der Waals surface area (Å²) in [4.78, 5) is 29.2. The van der Waals surface area contributed by atoms with Gasteiger partial charge < -0.3 is 9.64 Å². The fourth-order valence-electron chi connectivity index (χ4n) is 3.70. The summed E-state index contributed by atoms with van der Waals surface area (Å²) in [7, 11) is 0. The Morgan fingerprint density at radius 2 is 1.88 bits per heavy atom. The van der Waals surface area contributed by atoms with Crippen LogP contribution in [0.2, 0.25) is 5.02 Å². The summed E-state index contributed by atoms with van der Waals surface area (Å²) in [5, 5.41) is 2.34. The van der Waals surface area contributed by atoms with E-state index in [-0.39, 0.29) is 24.1 Å². The molecule has 0 unspecified atom stereocenters. The third-order valence-electron chi connectivity index (χ3n) is 5.05. The van der Waals surface area contributed by atoms with E-state index in [2.05, 4.69) is 0 Å². The molecule has 2 fully saturated rings. The molecule has 4 rings (SSSR count). The Labute approximate surface area is 161 Å². The first-order chi connectivity index (χ1) is 12.6. The molecule has 7 heteroatoms. The highest BCUT2D eigenvalue weighted by atomic mass is 35.5. The summed E-state index contributed by atoms with van der Waals surface area (Å²) < 4.78 is 5.33. The van der Waals surface area contributed by atoms with Gasteiger partial charge in [-0.05, 0) is 29.9 Å². The van der Waals surface area contributed by atoms with Crippen LogP contribution in [0.3, 0.4) is 0 Å². The summed E-state index contributed by atoms with van der Waals surface area (Å²) in [5.74, 6) is -0.0212. The molecule has 0 saturated carbocycles. The van der Waals surface area contributed by atoms with Crippen molar-refractivity contribution in [1.29, 1.82) is 0 Å². The van der Waals surface area contributed by atoms with Crippen LogP contribution in [0, 0.1) is 0 Å². The number of hydrogen-bond donors (Lipinski definition) is 0. The minimum absolute atomic E-state index is 0.0212. The highest BCUT2D eigenvalue weighted by Crippen LogP contribution is 2.33. The normalized spacial score (nSPS) is 21.1. The monoisotopic (exact) mass is 390 g/mol. The van der Waals surface area contributed by atoms with Gasteiger partial charge in [-0.1, -0.05) is 41.9 Å². The number of halogens is 1. The largest absolute Gasteiger partial charge is 0.447 e. The lowest BCUT2D eigenvalue weighted by molar-refractivity contribution is 0.0641. The van der Waals surface area contributed by atoms with Gasteiger partial charge in [0.15, 0.2) is 0 Å². The number of piperidine rings is 1. The van der Waals surface area contributed by atoms with Gasteiger partial charge in [0.05, 0.1) is 11.1 Å². The zero-order chi connectivity index (χ0) is 18.1. The van der Waals surface area contributed by atoms with Crippen molar-refractivity contribution in [2.75, 3.05) is 19.7 Å². The van der Waals surface area contributed by atoms with E-state index in [1.165, 1.54) is 11.3 Å². The summed E-state index contributed by atoms with van der Waals surface area (Å²) >= 11 is 7.45. The van der Waals surface area contributed by atoms with Crippen LogP contribution in [-0.4, -0.2) is 47.5 Å². The van der Waals surface area contributed by atoms with Crippen molar-refractivity contribution >= 4 is 34.9 Å². The Morgan fingerprint density at radius 1 is 1.15 bits per heavy atom. The van der Waals surface area contributed by atoms with E-state index < -0.39 is 0 Å². The third kappa shape index (κ3) is 3.19. The van der Waals surface area contributed by atoms with Crippen molar-refractivity contribution in [2.24, 2.45) is 0 Å². The zero-order valence-electron chi connectivity index (χ0n) is 14.1. The number of hydrogen-bond acceptors (Lipinski definition) is 4. The fraction of sp³-hybridized carbons (Fsp3) is 0.368. The average Bonchev–Trinajstić information content (AvgIpc) is 3.27. The predicted octanol–water partition coefficient (Wildman–Crippen LogP) is 4.20. The number of thiophene rings is 1. The molecule has 0 N–H and O–H groups in total. The van der Waals surface area contributed by atoms with E-state index in [9.17, 15) is 9.59 Å². The number of cyclic esters (lactones) is 1. The Bertz CT molecular complexity index is 802. The van der Waals surface area contributed by atoms with Gasteiger partial charge in [-0.15, -0.1) is 11.3 Å². The standard InChI is InChI=1S/C19H19ClN2O3S/c20-15-8-11-26-17(15)18(23)21-9-6-14(7-10-21)22-16(12-25-19(22)24)13-4-2-1-3-5-13/h1-5,8,11,14,16H,6-7,9-10,12H2/t16-/m0/s1. The van der Waals surface area contributed by atoms with E-state index in [0.29, 0.717) is 29.6 Å². The van der Waals surface area contributed by atoms with Crippen molar-refractivity contribution < 1.29 is 14.3 Å². The number of benzene rings is 1. The highest BCUT2D eigenvalue weighted by molar-refractivity contribution is 7.12. The lowest BCUT2D eigenvalue weighted by Gasteiger charge is -2.37. The minimum Gasteiger partial charge on any atom is -0.447 e. The maximum Gasteiger partial charge on any atom is 0.410 e. The van der Waals surface area contributed by atoms with Crippen LogP contribution in [0.25, 0.3) is 0 Å². The van der Waals surface area contributed by atoms with Crippen molar-refractivity contribution in [3.8, 4) is 0 Å². The zero-order valence-corrected chi connectivity index (χ0v) is 15.7. The van der Waals surface area contributed by atoms with Crippen LogP contribution in [0.15, 0.2) is 41.8 Å². The summed E-state index contributed by atoms with van der Waals surface area (Å²) in [6.07, 6.45) is 1.23. The summed E-state index contributed by atoms with van der Waals surface area (Å²) in [6, 6.07) is 11.7. The van der Waals surface area contributed by atoms with Gasteiger partial charge in [-0.3, -0.25) is 9.69 Å². The molecule has 1 atom stereocenters. The maximum atomic E-state index is 12.6. The first-order valence-electron chi connectivity index (χ1n) is 8.67. The molecule has 5 nitrogen and oxygen atoms in total. The summed E-state index contributed by atoms with van der Waals surface area (Å²) in [5.41, 5.74) is 1.09. The molecule has 2 aromatic rings. The van der Waals surface area contributed by atoms with Crippen molar-refractivity contribution in [3.63, 3.8) is 0 Å². The minimum atomic E-state index is -0.259. The molecule has 0 aliphatic carbocycles. The van der Waals surface area contributed by atoms with Gasteiger partial charge in [-0.25, -0.2) is 4.79 Å². The number of likely N-dealkylation sites (tertiary alicyclic amines) is 1. The van der Waals surface area contributed by atoms with Gasteiger partial charge >= 0.3 is 6.09 Å². The summed E-state index contributed by atoms with van der Waals surface area (Å²) in [6.45, 7) is 1.61. The molecule has 0 radical (unpaired) electrons. The number of carbonyl (C=O) groups is 2. The van der Waals surface area contributed by atoms with Crippen LogP contribution in [0.1, 0.15) is 34.1 Å². The van der Waals surface area contributed by atoms with Gasteiger partial charge in [0, 0.05) is 19.1 Å². The molecule has 26 heavy (non-hydrogen) atoms. The SMILES string of the molecule is O=C(c1sccc1Cl)N1CCC(N2C(=O)OC[C@H]2c2ccccc2)CC1. The molecule has 136 valence electrons. The lowest BCUT2D eigenvalue weighted by atomic mass is 9.99. The number of nitrogens with zero attached hydrogens (tertiary/aromatic N) is 2. The molecule has 3 heterocycles. The van der Waals surface area contributed by atoms with Crippen molar-refractivity contribution in [2.45, 2.75) is 24.9 Å². The first-order valence-corrected chi connectivity index (χ1v) is 9.93.